The predicted molar refractivity (Wildman–Crippen MR) is 133 cm³/mol. The fourth-order valence-electron chi connectivity index (χ4n) is 4.71. The molecular weight excluding hydrogens is 462 g/mol. The van der Waals surface area contributed by atoms with Crippen LogP contribution in [0.2, 0.25) is 0 Å². The molecule has 1 saturated carbocycles. The highest BCUT2D eigenvalue weighted by molar-refractivity contribution is 5.95. The van der Waals surface area contributed by atoms with Gasteiger partial charge in [-0.2, -0.15) is 0 Å². The minimum atomic E-state index is -0.989. The van der Waals surface area contributed by atoms with E-state index >= 15 is 0 Å². The first-order chi connectivity index (χ1) is 17.3. The van der Waals surface area contributed by atoms with Gasteiger partial charge in [0.15, 0.2) is 6.10 Å². The van der Waals surface area contributed by atoms with Crippen LogP contribution in [0.25, 0.3) is 22.1 Å². The molecule has 4 rings (SSSR count). The molecular formula is C28H30NO7-. The Hall–Kier alpha value is -3.81. The molecule has 1 atom stereocenters. The Morgan fingerprint density at radius 2 is 1.81 bits per heavy atom. The highest BCUT2D eigenvalue weighted by atomic mass is 16.5. The maximum atomic E-state index is 12.7. The highest BCUT2D eigenvalue weighted by Gasteiger charge is 2.24. The zero-order valence-electron chi connectivity index (χ0n) is 20.7. The average molecular weight is 493 g/mol. The number of hydrogen-bond acceptors (Lipinski definition) is 7. The van der Waals surface area contributed by atoms with Crippen LogP contribution in [0, 0.1) is 18.8 Å². The van der Waals surface area contributed by atoms with Gasteiger partial charge in [-0.25, -0.2) is 4.79 Å². The zero-order chi connectivity index (χ0) is 25.8. The molecule has 2 aromatic carbocycles. The maximum absolute atomic E-state index is 12.7. The van der Waals surface area contributed by atoms with E-state index in [2.05, 4.69) is 5.32 Å². The first-order valence-corrected chi connectivity index (χ1v) is 12.1. The number of fused-ring (bicyclic) bond motifs is 1. The Balaban J connectivity index is 1.46. The topological polar surface area (TPSA) is 118 Å². The number of rotatable bonds is 8. The second-order valence-corrected chi connectivity index (χ2v) is 9.31. The predicted octanol–water partition coefficient (Wildman–Crippen LogP) is 3.22. The monoisotopic (exact) mass is 492 g/mol. The summed E-state index contributed by atoms with van der Waals surface area (Å²) < 4.78 is 16.7. The molecule has 8 nitrogen and oxygen atoms in total. The van der Waals surface area contributed by atoms with E-state index in [0.29, 0.717) is 36.3 Å². The van der Waals surface area contributed by atoms with E-state index in [0.717, 1.165) is 35.1 Å². The molecule has 0 aliphatic heterocycles. The Morgan fingerprint density at radius 1 is 1.11 bits per heavy atom. The molecule has 8 heteroatoms. The lowest BCUT2D eigenvalue weighted by Gasteiger charge is -2.29. The van der Waals surface area contributed by atoms with Crippen molar-refractivity contribution in [3.63, 3.8) is 0 Å². The molecule has 0 bridgehead atoms. The number of nitrogens with one attached hydrogen (secondary N) is 1. The molecule has 0 saturated heterocycles. The number of carboxylic acid groups (broad SMARTS) is 1. The van der Waals surface area contributed by atoms with Crippen LogP contribution in [0.3, 0.4) is 0 Å². The van der Waals surface area contributed by atoms with Crippen molar-refractivity contribution in [2.75, 3.05) is 13.7 Å². The van der Waals surface area contributed by atoms with Gasteiger partial charge in [0.05, 0.1) is 7.11 Å². The summed E-state index contributed by atoms with van der Waals surface area (Å²) in [7, 11) is 1.60. The number of carbonyl (C=O) groups excluding carboxylic acids is 2. The minimum absolute atomic E-state index is 0.241. The lowest BCUT2D eigenvalue weighted by Crippen LogP contribution is -2.40. The first-order valence-electron chi connectivity index (χ1n) is 12.1. The van der Waals surface area contributed by atoms with Gasteiger partial charge in [0.25, 0.3) is 5.91 Å². The quantitative estimate of drug-likeness (QED) is 0.480. The largest absolute Gasteiger partial charge is 0.550 e. The number of ether oxygens (including phenoxy) is 2. The smallest absolute Gasteiger partial charge is 0.336 e. The van der Waals surface area contributed by atoms with Crippen LogP contribution in [-0.4, -0.2) is 31.6 Å². The SMILES string of the molecule is COc1ccc(-c2cc(=O)oc3c(C)c(O[C@H](C)C(=O)NCC4CCC(C(=O)[O-])CC4)ccc23)cc1. The summed E-state index contributed by atoms with van der Waals surface area (Å²) in [6.07, 6.45) is 1.88. The van der Waals surface area contributed by atoms with Crippen molar-refractivity contribution in [2.24, 2.45) is 11.8 Å². The minimum Gasteiger partial charge on any atom is -0.550 e. The molecule has 1 aliphatic carbocycles. The lowest BCUT2D eigenvalue weighted by molar-refractivity contribution is -0.312. The van der Waals surface area contributed by atoms with Crippen LogP contribution in [0.4, 0.5) is 0 Å². The van der Waals surface area contributed by atoms with E-state index < -0.39 is 17.7 Å². The number of aryl methyl sites for hydroxylation is 1. The van der Waals surface area contributed by atoms with Crippen LogP contribution < -0.4 is 25.5 Å². The summed E-state index contributed by atoms with van der Waals surface area (Å²) in [5, 5.41) is 14.7. The summed E-state index contributed by atoms with van der Waals surface area (Å²) in [5.74, 6) is -0.225. The van der Waals surface area contributed by atoms with Gasteiger partial charge in [0.2, 0.25) is 0 Å². The van der Waals surface area contributed by atoms with E-state index in [1.165, 1.54) is 6.07 Å². The second kappa shape index (κ2) is 10.8. The van der Waals surface area contributed by atoms with Gasteiger partial charge >= 0.3 is 5.63 Å². The lowest BCUT2D eigenvalue weighted by atomic mass is 9.82. The number of hydrogen-bond donors (Lipinski definition) is 1. The fraction of sp³-hybridized carbons (Fsp3) is 0.393. The fourth-order valence-corrected chi connectivity index (χ4v) is 4.71. The Kier molecular flexibility index (Phi) is 7.62. The van der Waals surface area contributed by atoms with E-state index in [1.54, 1.807) is 27.0 Å². The number of methoxy groups -OCH3 is 1. The number of benzene rings is 2. The van der Waals surface area contributed by atoms with Crippen molar-refractivity contribution in [3.8, 4) is 22.6 Å². The Morgan fingerprint density at radius 3 is 2.44 bits per heavy atom. The average Bonchev–Trinajstić information content (AvgIpc) is 2.89. The van der Waals surface area contributed by atoms with Crippen molar-refractivity contribution >= 4 is 22.8 Å². The van der Waals surface area contributed by atoms with Crippen molar-refractivity contribution in [1.82, 2.24) is 5.32 Å². The normalized spacial score (nSPS) is 18.4. The third kappa shape index (κ3) is 5.53. The van der Waals surface area contributed by atoms with Gasteiger partial charge in [-0.1, -0.05) is 12.1 Å². The van der Waals surface area contributed by atoms with Gasteiger partial charge in [-0.3, -0.25) is 4.79 Å². The van der Waals surface area contributed by atoms with Crippen molar-refractivity contribution in [1.29, 1.82) is 0 Å². The molecule has 190 valence electrons. The summed E-state index contributed by atoms with van der Waals surface area (Å²) in [4.78, 5) is 36.0. The molecule has 0 spiro atoms. The summed E-state index contributed by atoms with van der Waals surface area (Å²) >= 11 is 0. The van der Waals surface area contributed by atoms with Crippen LogP contribution in [0.5, 0.6) is 11.5 Å². The third-order valence-corrected chi connectivity index (χ3v) is 6.93. The van der Waals surface area contributed by atoms with Gasteiger partial charge in [0.1, 0.15) is 17.1 Å². The van der Waals surface area contributed by atoms with Crippen molar-refractivity contribution in [3.05, 3.63) is 58.4 Å². The molecule has 1 N–H and O–H groups in total. The number of carboxylic acids is 1. The van der Waals surface area contributed by atoms with Crippen LogP contribution in [-0.2, 0) is 9.59 Å². The highest BCUT2D eigenvalue weighted by Crippen LogP contribution is 2.34. The third-order valence-electron chi connectivity index (χ3n) is 6.93. The van der Waals surface area contributed by atoms with E-state index in [9.17, 15) is 19.5 Å². The molecule has 1 heterocycles. The number of amides is 1. The maximum Gasteiger partial charge on any atom is 0.336 e. The molecule has 3 aromatic rings. The molecule has 36 heavy (non-hydrogen) atoms. The molecule has 1 aromatic heterocycles. The van der Waals surface area contributed by atoms with Gasteiger partial charge in [0, 0.05) is 29.5 Å². The Bertz CT molecular complexity index is 1300. The molecule has 1 aliphatic rings. The number of aliphatic carboxylic acids is 1. The molecule has 1 amide bonds. The van der Waals surface area contributed by atoms with Crippen molar-refractivity contribution < 1.29 is 28.6 Å². The first kappa shape index (κ1) is 25.3. The van der Waals surface area contributed by atoms with E-state index in [-0.39, 0.29) is 17.7 Å². The van der Waals surface area contributed by atoms with Gasteiger partial charge in [-0.15, -0.1) is 0 Å². The van der Waals surface area contributed by atoms with Crippen LogP contribution in [0.15, 0.2) is 51.7 Å². The standard InChI is InChI=1S/C28H31NO7/c1-16-24(35-17(2)27(31)29-15-18-4-6-20(7-5-18)28(32)33)13-12-22-23(14-25(30)36-26(16)22)19-8-10-21(34-3)11-9-19/h8-14,17-18,20H,4-7,15H2,1-3H3,(H,29,31)(H,32,33)/p-1/t17-,18?,20?/m1/s1. The summed E-state index contributed by atoms with van der Waals surface area (Å²) in [6, 6.07) is 12.5. The zero-order valence-corrected chi connectivity index (χ0v) is 20.7. The Labute approximate surface area is 209 Å². The summed E-state index contributed by atoms with van der Waals surface area (Å²) in [5.41, 5.74) is 2.14. The number of carbonyl (C=O) groups is 2. The van der Waals surface area contributed by atoms with Crippen LogP contribution >= 0.6 is 0 Å². The molecule has 0 unspecified atom stereocenters. The second-order valence-electron chi connectivity index (χ2n) is 9.31. The van der Waals surface area contributed by atoms with E-state index in [1.807, 2.05) is 30.3 Å². The van der Waals surface area contributed by atoms with Gasteiger partial charge in [-0.05, 0) is 86.8 Å². The van der Waals surface area contributed by atoms with E-state index in [4.69, 9.17) is 13.9 Å². The van der Waals surface area contributed by atoms with Crippen LogP contribution in [0.1, 0.15) is 38.2 Å². The molecule has 1 fully saturated rings. The van der Waals surface area contributed by atoms with Crippen molar-refractivity contribution in [2.45, 2.75) is 45.6 Å². The molecule has 0 radical (unpaired) electrons. The summed E-state index contributed by atoms with van der Waals surface area (Å²) in [6.45, 7) is 3.93. The van der Waals surface area contributed by atoms with Gasteiger partial charge < -0.3 is 29.1 Å².